The van der Waals surface area contributed by atoms with E-state index in [1.54, 1.807) is 13.0 Å². The van der Waals surface area contributed by atoms with Gasteiger partial charge in [0.05, 0.1) is 12.2 Å². The molecule has 2 aromatic carbocycles. The van der Waals surface area contributed by atoms with E-state index in [4.69, 9.17) is 9.47 Å². The first kappa shape index (κ1) is 19.6. The molecular formula is C19H19F3O4. The fraction of sp³-hybridized carbons (Fsp3) is 0.316. The molecule has 0 heterocycles. The second-order valence-corrected chi connectivity index (χ2v) is 5.58. The summed E-state index contributed by atoms with van der Waals surface area (Å²) in [5, 5.41) is 9.63. The zero-order chi connectivity index (χ0) is 19.2. The number of esters is 1. The number of carbonyl (C=O) groups excluding carboxylic acids is 1. The van der Waals surface area contributed by atoms with Crippen LogP contribution in [0.3, 0.4) is 0 Å². The first-order chi connectivity index (χ1) is 12.3. The molecule has 2 rings (SSSR count). The van der Waals surface area contributed by atoms with Crippen LogP contribution in [0.4, 0.5) is 13.2 Å². The molecule has 0 radical (unpaired) electrons. The van der Waals surface area contributed by atoms with Gasteiger partial charge in [-0.05, 0) is 42.7 Å². The topological polar surface area (TPSA) is 55.8 Å². The van der Waals surface area contributed by atoms with Gasteiger partial charge in [0, 0.05) is 12.5 Å². The average Bonchev–Trinajstić information content (AvgIpc) is 2.59. The highest BCUT2D eigenvalue weighted by Crippen LogP contribution is 2.30. The molecule has 0 aromatic heterocycles. The Bertz CT molecular complexity index is 739. The zero-order valence-corrected chi connectivity index (χ0v) is 14.2. The highest BCUT2D eigenvalue weighted by Gasteiger charge is 2.29. The van der Waals surface area contributed by atoms with Gasteiger partial charge in [-0.3, -0.25) is 4.79 Å². The Morgan fingerprint density at radius 3 is 2.42 bits per heavy atom. The van der Waals surface area contributed by atoms with Gasteiger partial charge in [0.1, 0.15) is 18.1 Å². The maximum absolute atomic E-state index is 12.6. The molecule has 0 unspecified atom stereocenters. The quantitative estimate of drug-likeness (QED) is 0.732. The Balaban J connectivity index is 2.04. The van der Waals surface area contributed by atoms with Gasteiger partial charge < -0.3 is 14.6 Å². The van der Waals surface area contributed by atoms with Crippen molar-refractivity contribution in [3.63, 3.8) is 0 Å². The first-order valence-electron chi connectivity index (χ1n) is 8.06. The number of ether oxygens (including phenoxy) is 2. The second kappa shape index (κ2) is 8.60. The van der Waals surface area contributed by atoms with E-state index in [-0.39, 0.29) is 24.7 Å². The molecule has 26 heavy (non-hydrogen) atoms. The molecule has 1 N–H and O–H groups in total. The number of rotatable bonds is 7. The van der Waals surface area contributed by atoms with E-state index < -0.39 is 11.7 Å². The van der Waals surface area contributed by atoms with Crippen molar-refractivity contribution in [2.75, 3.05) is 6.61 Å². The molecule has 2 aromatic rings. The Hall–Kier alpha value is -2.70. The fourth-order valence-electron chi connectivity index (χ4n) is 2.31. The molecule has 0 amide bonds. The van der Waals surface area contributed by atoms with Crippen LogP contribution in [0.15, 0.2) is 42.5 Å². The van der Waals surface area contributed by atoms with E-state index in [2.05, 4.69) is 0 Å². The SMILES string of the molecule is CCOC(=O)CCc1ccc(O)cc1OCc1ccc(C(F)(F)F)cc1. The van der Waals surface area contributed by atoms with Gasteiger partial charge >= 0.3 is 12.1 Å². The zero-order valence-electron chi connectivity index (χ0n) is 14.2. The minimum atomic E-state index is -4.38. The van der Waals surface area contributed by atoms with Crippen LogP contribution in [-0.4, -0.2) is 17.7 Å². The molecule has 0 saturated carbocycles. The lowest BCUT2D eigenvalue weighted by Gasteiger charge is -2.13. The third-order valence-corrected chi connectivity index (χ3v) is 3.63. The molecule has 4 nitrogen and oxygen atoms in total. The number of aryl methyl sites for hydroxylation is 1. The van der Waals surface area contributed by atoms with E-state index in [1.165, 1.54) is 24.3 Å². The summed E-state index contributed by atoms with van der Waals surface area (Å²) < 4.78 is 48.2. The minimum absolute atomic E-state index is 0.00713. The van der Waals surface area contributed by atoms with Crippen molar-refractivity contribution < 1.29 is 32.5 Å². The Morgan fingerprint density at radius 1 is 1.12 bits per heavy atom. The van der Waals surface area contributed by atoms with Gasteiger partial charge in [-0.25, -0.2) is 0 Å². The van der Waals surface area contributed by atoms with Crippen LogP contribution in [0, 0.1) is 0 Å². The number of carbonyl (C=O) groups is 1. The Morgan fingerprint density at radius 2 is 1.81 bits per heavy atom. The summed E-state index contributed by atoms with van der Waals surface area (Å²) in [4.78, 5) is 11.5. The van der Waals surface area contributed by atoms with Gasteiger partial charge in [-0.15, -0.1) is 0 Å². The van der Waals surface area contributed by atoms with Crippen molar-refractivity contribution in [2.24, 2.45) is 0 Å². The number of phenols is 1. The van der Waals surface area contributed by atoms with E-state index in [1.807, 2.05) is 0 Å². The lowest BCUT2D eigenvalue weighted by Crippen LogP contribution is -2.07. The van der Waals surface area contributed by atoms with Gasteiger partial charge in [0.25, 0.3) is 0 Å². The number of hydrogen-bond acceptors (Lipinski definition) is 4. The third-order valence-electron chi connectivity index (χ3n) is 3.63. The molecule has 0 bridgehead atoms. The Labute approximate surface area is 149 Å². The van der Waals surface area contributed by atoms with E-state index in [0.29, 0.717) is 29.9 Å². The van der Waals surface area contributed by atoms with Crippen molar-refractivity contribution in [3.05, 3.63) is 59.2 Å². The summed E-state index contributed by atoms with van der Waals surface area (Å²) in [6.45, 7) is 2.05. The van der Waals surface area contributed by atoms with E-state index >= 15 is 0 Å². The van der Waals surface area contributed by atoms with Gasteiger partial charge in [-0.2, -0.15) is 13.2 Å². The second-order valence-electron chi connectivity index (χ2n) is 5.58. The van der Waals surface area contributed by atoms with Crippen molar-refractivity contribution in [3.8, 4) is 11.5 Å². The van der Waals surface area contributed by atoms with Gasteiger partial charge in [0.15, 0.2) is 0 Å². The number of aromatic hydroxyl groups is 1. The number of alkyl halides is 3. The molecule has 140 valence electrons. The molecule has 0 saturated heterocycles. The van der Waals surface area contributed by atoms with Crippen LogP contribution in [-0.2, 0) is 28.7 Å². The predicted octanol–water partition coefficient (Wildman–Crippen LogP) is 4.49. The van der Waals surface area contributed by atoms with Crippen molar-refractivity contribution in [1.82, 2.24) is 0 Å². The summed E-state index contributed by atoms with van der Waals surface area (Å²) in [5.74, 6) is 0.0239. The fourth-order valence-corrected chi connectivity index (χ4v) is 2.31. The van der Waals surface area contributed by atoms with Crippen LogP contribution in [0.5, 0.6) is 11.5 Å². The van der Waals surface area contributed by atoms with Crippen LogP contribution in [0.25, 0.3) is 0 Å². The molecule has 0 aliphatic heterocycles. The van der Waals surface area contributed by atoms with Crippen LogP contribution in [0.1, 0.15) is 30.0 Å². The molecule has 0 aliphatic rings. The minimum Gasteiger partial charge on any atom is -0.508 e. The molecule has 0 atom stereocenters. The maximum Gasteiger partial charge on any atom is 0.416 e. The third kappa shape index (κ3) is 5.68. The molecular weight excluding hydrogens is 349 g/mol. The van der Waals surface area contributed by atoms with Gasteiger partial charge in [-0.1, -0.05) is 18.2 Å². The number of halogens is 3. The monoisotopic (exact) mass is 368 g/mol. The molecule has 0 fully saturated rings. The first-order valence-corrected chi connectivity index (χ1v) is 8.06. The lowest BCUT2D eigenvalue weighted by atomic mass is 10.1. The van der Waals surface area contributed by atoms with Gasteiger partial charge in [0.2, 0.25) is 0 Å². The highest BCUT2D eigenvalue weighted by atomic mass is 19.4. The van der Waals surface area contributed by atoms with Crippen LogP contribution >= 0.6 is 0 Å². The molecule has 7 heteroatoms. The summed E-state index contributed by atoms with van der Waals surface area (Å²) >= 11 is 0. The largest absolute Gasteiger partial charge is 0.508 e. The van der Waals surface area contributed by atoms with Crippen molar-refractivity contribution >= 4 is 5.97 Å². The highest BCUT2D eigenvalue weighted by molar-refractivity contribution is 5.69. The van der Waals surface area contributed by atoms with E-state index in [0.717, 1.165) is 12.1 Å². The summed E-state index contributed by atoms with van der Waals surface area (Å²) in [7, 11) is 0. The lowest BCUT2D eigenvalue weighted by molar-refractivity contribution is -0.143. The summed E-state index contributed by atoms with van der Waals surface area (Å²) in [6.07, 6.45) is -3.86. The van der Waals surface area contributed by atoms with Crippen LogP contribution in [0.2, 0.25) is 0 Å². The van der Waals surface area contributed by atoms with Crippen LogP contribution < -0.4 is 4.74 Å². The average molecular weight is 368 g/mol. The van der Waals surface area contributed by atoms with Crippen molar-refractivity contribution in [2.45, 2.75) is 32.5 Å². The van der Waals surface area contributed by atoms with E-state index in [9.17, 15) is 23.1 Å². The smallest absolute Gasteiger partial charge is 0.416 e. The van der Waals surface area contributed by atoms with Crippen molar-refractivity contribution in [1.29, 1.82) is 0 Å². The number of phenolic OH excluding ortho intramolecular Hbond substituents is 1. The summed E-state index contributed by atoms with van der Waals surface area (Å²) in [6, 6.07) is 9.17. The molecule has 0 spiro atoms. The molecule has 0 aliphatic carbocycles. The summed E-state index contributed by atoms with van der Waals surface area (Å²) in [5.41, 5.74) is 0.522. The standard InChI is InChI=1S/C19H19F3O4/c1-2-25-18(24)10-6-14-5-9-16(23)11-17(14)26-12-13-3-7-15(8-4-13)19(20,21)22/h3-5,7-9,11,23H,2,6,10,12H2,1H3. The predicted molar refractivity (Wildman–Crippen MR) is 88.8 cm³/mol. The number of benzene rings is 2. The maximum atomic E-state index is 12.6. The number of hydrogen-bond donors (Lipinski definition) is 1. The normalized spacial score (nSPS) is 11.2. The Kier molecular flexibility index (Phi) is 6.49.